The van der Waals surface area contributed by atoms with E-state index < -0.39 is 10.8 Å². The highest BCUT2D eigenvalue weighted by Crippen LogP contribution is 2.23. The molecule has 0 saturated carbocycles. The van der Waals surface area contributed by atoms with Crippen molar-refractivity contribution >= 4 is 16.7 Å². The largest absolute Gasteiger partial charge is 0.441 e. The standard InChI is InChI=1S/C22H23FN2O3S/c1-3-16-4-8-18(9-5-16)22-25-20(15(2)28-22)13-29(27)14-21(26)24-12-17-6-10-19(23)11-7-17/h4-11H,3,12-14H2,1-2H3,(H,24,26)/t29-/m1/s1. The number of carbonyl (C=O) groups excluding carboxylic acids is 1. The van der Waals surface area contributed by atoms with Gasteiger partial charge in [-0.25, -0.2) is 9.37 Å². The molecular formula is C22H23FN2O3S. The first kappa shape index (κ1) is 20.9. The first-order valence-electron chi connectivity index (χ1n) is 9.36. The van der Waals surface area contributed by atoms with Gasteiger partial charge in [0.1, 0.15) is 17.3 Å². The fourth-order valence-electron chi connectivity index (χ4n) is 2.77. The Morgan fingerprint density at radius 1 is 1.10 bits per heavy atom. The lowest BCUT2D eigenvalue weighted by molar-refractivity contribution is -0.118. The van der Waals surface area contributed by atoms with Gasteiger partial charge in [0.2, 0.25) is 11.8 Å². The van der Waals surface area contributed by atoms with Crippen molar-refractivity contribution in [3.63, 3.8) is 0 Å². The minimum atomic E-state index is -1.42. The Kier molecular flexibility index (Phi) is 6.93. The second-order valence-corrected chi connectivity index (χ2v) is 8.16. The summed E-state index contributed by atoms with van der Waals surface area (Å²) in [6.45, 7) is 4.13. The molecule has 7 heteroatoms. The fraction of sp³-hybridized carbons (Fsp3) is 0.273. The molecule has 3 rings (SSSR count). The molecular weight excluding hydrogens is 391 g/mol. The Morgan fingerprint density at radius 3 is 2.41 bits per heavy atom. The quantitative estimate of drug-likeness (QED) is 0.606. The van der Waals surface area contributed by atoms with Gasteiger partial charge in [0, 0.05) is 22.9 Å². The van der Waals surface area contributed by atoms with Crippen LogP contribution in [0.3, 0.4) is 0 Å². The van der Waals surface area contributed by atoms with Crippen LogP contribution in [0.25, 0.3) is 11.5 Å². The molecule has 29 heavy (non-hydrogen) atoms. The van der Waals surface area contributed by atoms with Crippen LogP contribution in [-0.4, -0.2) is 20.9 Å². The first-order chi connectivity index (χ1) is 13.9. The minimum absolute atomic E-state index is 0.131. The van der Waals surface area contributed by atoms with Gasteiger partial charge in [0.15, 0.2) is 0 Å². The smallest absolute Gasteiger partial charge is 0.232 e. The molecule has 5 nitrogen and oxygen atoms in total. The molecule has 1 N–H and O–H groups in total. The Bertz CT molecular complexity index is 998. The van der Waals surface area contributed by atoms with Gasteiger partial charge in [0.05, 0.1) is 11.4 Å². The van der Waals surface area contributed by atoms with Gasteiger partial charge >= 0.3 is 0 Å². The number of halogens is 1. The van der Waals surface area contributed by atoms with Crippen molar-refractivity contribution < 1.29 is 17.8 Å². The van der Waals surface area contributed by atoms with Gasteiger partial charge in [-0.1, -0.05) is 31.2 Å². The lowest BCUT2D eigenvalue weighted by Crippen LogP contribution is -2.28. The number of aromatic nitrogens is 1. The summed E-state index contributed by atoms with van der Waals surface area (Å²) in [5.41, 5.74) is 3.45. The number of benzene rings is 2. The van der Waals surface area contributed by atoms with Gasteiger partial charge in [-0.3, -0.25) is 9.00 Å². The zero-order valence-electron chi connectivity index (χ0n) is 16.4. The third-order valence-electron chi connectivity index (χ3n) is 4.49. The summed E-state index contributed by atoms with van der Waals surface area (Å²) in [4.78, 5) is 16.5. The summed E-state index contributed by atoms with van der Waals surface area (Å²) in [5, 5.41) is 2.69. The number of carbonyl (C=O) groups is 1. The molecule has 1 atom stereocenters. The van der Waals surface area contributed by atoms with E-state index >= 15 is 0 Å². The predicted octanol–water partition coefficient (Wildman–Crippen LogP) is 3.92. The molecule has 0 spiro atoms. The number of hydrogen-bond acceptors (Lipinski definition) is 4. The van der Waals surface area contributed by atoms with Gasteiger partial charge < -0.3 is 9.73 Å². The van der Waals surface area contributed by atoms with Crippen molar-refractivity contribution in [1.29, 1.82) is 0 Å². The van der Waals surface area contributed by atoms with Crippen molar-refractivity contribution in [2.75, 3.05) is 5.75 Å². The molecule has 0 bridgehead atoms. The van der Waals surface area contributed by atoms with Crippen molar-refractivity contribution in [2.24, 2.45) is 0 Å². The van der Waals surface area contributed by atoms with Crippen LogP contribution >= 0.6 is 0 Å². The van der Waals surface area contributed by atoms with Crippen molar-refractivity contribution in [3.8, 4) is 11.5 Å². The zero-order chi connectivity index (χ0) is 20.8. The molecule has 0 unspecified atom stereocenters. The van der Waals surface area contributed by atoms with E-state index in [1.165, 1.54) is 17.7 Å². The van der Waals surface area contributed by atoms with E-state index in [9.17, 15) is 13.4 Å². The summed E-state index contributed by atoms with van der Waals surface area (Å²) in [5.74, 6) is 0.437. The number of rotatable bonds is 8. The topological polar surface area (TPSA) is 72.2 Å². The highest BCUT2D eigenvalue weighted by Gasteiger charge is 2.16. The third-order valence-corrected chi connectivity index (χ3v) is 5.67. The van der Waals surface area contributed by atoms with Crippen LogP contribution in [0.5, 0.6) is 0 Å². The normalized spacial score (nSPS) is 12.0. The Balaban J connectivity index is 1.55. The predicted molar refractivity (Wildman–Crippen MR) is 111 cm³/mol. The van der Waals surface area contributed by atoms with E-state index in [2.05, 4.69) is 17.2 Å². The van der Waals surface area contributed by atoms with Crippen LogP contribution in [0, 0.1) is 12.7 Å². The number of hydrogen-bond donors (Lipinski definition) is 1. The minimum Gasteiger partial charge on any atom is -0.441 e. The number of aryl methyl sites for hydroxylation is 2. The number of amides is 1. The summed E-state index contributed by atoms with van der Waals surface area (Å²) in [6, 6.07) is 13.8. The summed E-state index contributed by atoms with van der Waals surface area (Å²) in [6.07, 6.45) is 0.957. The van der Waals surface area contributed by atoms with E-state index in [1.807, 2.05) is 24.3 Å². The molecule has 0 radical (unpaired) electrons. The monoisotopic (exact) mass is 414 g/mol. The van der Waals surface area contributed by atoms with Crippen LogP contribution in [-0.2, 0) is 34.3 Å². The van der Waals surface area contributed by atoms with Gasteiger partial charge in [-0.2, -0.15) is 0 Å². The Morgan fingerprint density at radius 2 is 1.76 bits per heavy atom. The van der Waals surface area contributed by atoms with E-state index in [4.69, 9.17) is 4.42 Å². The molecule has 0 fully saturated rings. The maximum Gasteiger partial charge on any atom is 0.232 e. The Hall–Kier alpha value is -2.80. The maximum atomic E-state index is 12.9. The molecule has 1 aromatic heterocycles. The lowest BCUT2D eigenvalue weighted by Gasteiger charge is -2.05. The van der Waals surface area contributed by atoms with E-state index in [1.54, 1.807) is 19.1 Å². The number of oxazole rings is 1. The lowest BCUT2D eigenvalue weighted by atomic mass is 10.1. The molecule has 1 amide bonds. The summed E-state index contributed by atoms with van der Waals surface area (Å²) < 4.78 is 31.0. The van der Waals surface area contributed by atoms with Crippen LogP contribution in [0.2, 0.25) is 0 Å². The maximum absolute atomic E-state index is 12.9. The molecule has 2 aromatic carbocycles. The molecule has 0 aliphatic rings. The highest BCUT2D eigenvalue weighted by molar-refractivity contribution is 7.84. The van der Waals surface area contributed by atoms with Gasteiger partial charge in [-0.15, -0.1) is 0 Å². The first-order valence-corrected chi connectivity index (χ1v) is 10.8. The van der Waals surface area contributed by atoms with E-state index in [-0.39, 0.29) is 29.8 Å². The average Bonchev–Trinajstić information content (AvgIpc) is 3.07. The molecule has 3 aromatic rings. The zero-order valence-corrected chi connectivity index (χ0v) is 17.2. The molecule has 1 heterocycles. The number of nitrogens with zero attached hydrogens (tertiary/aromatic N) is 1. The van der Waals surface area contributed by atoms with Crippen LogP contribution in [0.4, 0.5) is 4.39 Å². The summed E-state index contributed by atoms with van der Waals surface area (Å²) in [7, 11) is -1.42. The van der Waals surface area contributed by atoms with Gasteiger partial charge in [0.25, 0.3) is 0 Å². The summed E-state index contributed by atoms with van der Waals surface area (Å²) >= 11 is 0. The van der Waals surface area contributed by atoms with E-state index in [0.717, 1.165) is 17.5 Å². The van der Waals surface area contributed by atoms with Gasteiger partial charge in [-0.05, 0) is 48.7 Å². The molecule has 0 aliphatic heterocycles. The van der Waals surface area contributed by atoms with Crippen LogP contribution in [0.15, 0.2) is 52.9 Å². The SMILES string of the molecule is CCc1ccc(-c2nc(C[S@@](=O)CC(=O)NCc3ccc(F)cc3)c(C)o2)cc1. The third kappa shape index (κ3) is 5.84. The van der Waals surface area contributed by atoms with Crippen molar-refractivity contribution in [2.45, 2.75) is 32.6 Å². The van der Waals surface area contributed by atoms with Crippen molar-refractivity contribution in [3.05, 3.63) is 76.9 Å². The molecule has 152 valence electrons. The molecule has 0 saturated heterocycles. The van der Waals surface area contributed by atoms with Crippen molar-refractivity contribution in [1.82, 2.24) is 10.3 Å². The van der Waals surface area contributed by atoms with E-state index in [0.29, 0.717) is 17.3 Å². The van der Waals surface area contributed by atoms with Crippen LogP contribution in [0.1, 0.15) is 29.5 Å². The average molecular weight is 415 g/mol. The van der Waals surface area contributed by atoms with Crippen LogP contribution < -0.4 is 5.32 Å². The Labute approximate surface area is 171 Å². The fourth-order valence-corrected chi connectivity index (χ4v) is 3.84. The second-order valence-electron chi connectivity index (χ2n) is 6.70. The molecule has 0 aliphatic carbocycles. The second kappa shape index (κ2) is 9.60. The number of nitrogens with one attached hydrogen (secondary N) is 1. The highest BCUT2D eigenvalue weighted by atomic mass is 32.2.